The Labute approximate surface area is 355 Å². The van der Waals surface area contributed by atoms with Crippen LogP contribution in [0.4, 0.5) is 0 Å². The van der Waals surface area contributed by atoms with Crippen molar-refractivity contribution in [3.63, 3.8) is 0 Å². The molecule has 0 saturated carbocycles. The van der Waals surface area contributed by atoms with Gasteiger partial charge in [-0.05, 0) is 93.9 Å². The normalized spacial score (nSPS) is 14.8. The van der Waals surface area contributed by atoms with Crippen LogP contribution >= 0.6 is 0 Å². The minimum absolute atomic E-state index is 0.224. The molecule has 2 heterocycles. The van der Waals surface area contributed by atoms with E-state index in [0.717, 1.165) is 54.7 Å². The van der Waals surface area contributed by atoms with Gasteiger partial charge in [0.2, 0.25) is 0 Å². The molecule has 0 spiro atoms. The van der Waals surface area contributed by atoms with Crippen LogP contribution in [0.5, 0.6) is 0 Å². The summed E-state index contributed by atoms with van der Waals surface area (Å²) in [5.74, 6) is 0. The van der Waals surface area contributed by atoms with Crippen molar-refractivity contribution < 1.29 is 0 Å². The predicted molar refractivity (Wildman–Crippen MR) is 253 cm³/mol. The predicted octanol–water partition coefficient (Wildman–Crippen LogP) is 14.4. The number of benzene rings is 7. The van der Waals surface area contributed by atoms with Crippen LogP contribution in [0.15, 0.2) is 164 Å². The van der Waals surface area contributed by atoms with Crippen LogP contribution in [0.2, 0.25) is 0 Å². The van der Waals surface area contributed by atoms with Gasteiger partial charge in [0.25, 0.3) is 0 Å². The average molecular weight is 783 g/mol. The highest BCUT2D eigenvalue weighted by Gasteiger charge is 2.38. The van der Waals surface area contributed by atoms with Gasteiger partial charge >= 0.3 is 0 Å². The molecule has 2 aliphatic carbocycles. The summed E-state index contributed by atoms with van der Waals surface area (Å²) in [4.78, 5) is 0. The van der Waals surface area contributed by atoms with Gasteiger partial charge < -0.3 is 9.13 Å². The van der Waals surface area contributed by atoms with Crippen molar-refractivity contribution in [3.8, 4) is 45.8 Å². The highest BCUT2D eigenvalue weighted by Crippen LogP contribution is 2.53. The molecular formula is C57H42N4. The largest absolute Gasteiger partial charge is 0.308 e. The zero-order chi connectivity index (χ0) is 41.9. The number of nitriles is 2. The Hall–Kier alpha value is -7.66. The molecule has 0 saturated heterocycles. The smallest absolute Gasteiger partial charge is 0.102 e. The van der Waals surface area contributed by atoms with Crippen molar-refractivity contribution in [2.75, 3.05) is 0 Å². The Morgan fingerprint density at radius 3 is 1.82 bits per heavy atom. The lowest BCUT2D eigenvalue weighted by molar-refractivity contribution is 0.640. The molecule has 0 atom stereocenters. The molecule has 61 heavy (non-hydrogen) atoms. The van der Waals surface area contributed by atoms with Crippen molar-refractivity contribution in [2.24, 2.45) is 0 Å². The first-order valence-corrected chi connectivity index (χ1v) is 20.9. The van der Waals surface area contributed by atoms with Gasteiger partial charge in [0.1, 0.15) is 12.1 Å². The van der Waals surface area contributed by atoms with Gasteiger partial charge in [-0.3, -0.25) is 0 Å². The molecule has 0 aliphatic heterocycles. The molecule has 4 nitrogen and oxygen atoms in total. The van der Waals surface area contributed by atoms with Crippen LogP contribution in [0, 0.1) is 22.7 Å². The van der Waals surface area contributed by atoms with E-state index in [9.17, 15) is 10.5 Å². The van der Waals surface area contributed by atoms with Gasteiger partial charge in [0.05, 0.1) is 44.6 Å². The molecule has 290 valence electrons. The Morgan fingerprint density at radius 1 is 0.557 bits per heavy atom. The van der Waals surface area contributed by atoms with Crippen molar-refractivity contribution in [1.82, 2.24) is 9.13 Å². The van der Waals surface area contributed by atoms with Crippen LogP contribution < -0.4 is 0 Å². The van der Waals surface area contributed by atoms with Gasteiger partial charge in [0.15, 0.2) is 0 Å². The van der Waals surface area contributed by atoms with E-state index in [2.05, 4.69) is 178 Å². The fourth-order valence-electron chi connectivity index (χ4n) is 10.7. The molecule has 0 radical (unpaired) electrons. The van der Waals surface area contributed by atoms with Crippen LogP contribution in [0.3, 0.4) is 0 Å². The lowest BCUT2D eigenvalue weighted by Gasteiger charge is -2.24. The molecular weight excluding hydrogens is 741 g/mol. The molecule has 0 fully saturated rings. The molecule has 0 N–H and O–H groups in total. The summed E-state index contributed by atoms with van der Waals surface area (Å²) in [5.41, 5.74) is 17.5. The Balaban J connectivity index is 1.27. The number of nitrogens with zero attached hydrogens (tertiary/aromatic N) is 4. The molecule has 2 aliphatic rings. The molecule has 0 amide bonds. The molecule has 7 aromatic carbocycles. The topological polar surface area (TPSA) is 57.4 Å². The Bertz CT molecular complexity index is 3570. The highest BCUT2D eigenvalue weighted by atomic mass is 15.0. The number of fused-ring (bicyclic) bond motifs is 10. The minimum atomic E-state index is -0.236. The third-order valence-electron chi connectivity index (χ3n) is 13.9. The molecule has 9 aromatic rings. The second-order valence-electron chi connectivity index (χ2n) is 17.6. The van der Waals surface area contributed by atoms with Crippen LogP contribution in [-0.2, 0) is 10.8 Å². The van der Waals surface area contributed by atoms with E-state index < -0.39 is 0 Å². The van der Waals surface area contributed by atoms with E-state index in [0.29, 0.717) is 22.5 Å². The monoisotopic (exact) mass is 782 g/mol. The fraction of sp³-hybridized carbons (Fsp3) is 0.123. The maximum atomic E-state index is 11.6. The van der Waals surface area contributed by atoms with E-state index in [-0.39, 0.29) is 10.8 Å². The van der Waals surface area contributed by atoms with Crippen molar-refractivity contribution in [3.05, 3.63) is 197 Å². The maximum Gasteiger partial charge on any atom is 0.102 e. The Morgan fingerprint density at radius 2 is 1.15 bits per heavy atom. The van der Waals surface area contributed by atoms with Gasteiger partial charge in [-0.1, -0.05) is 149 Å². The first-order valence-electron chi connectivity index (χ1n) is 20.9. The SMILES string of the molecule is C=C/C=C\C1=C(C)C(C)(C)c2cc3c(cc21)c1ccccc1n3-c1c(C#N)cc(-n2c3ccccc3c3cc4c(cc32)C(C)(C)c2ccccc2-4)c(C#N)c1-c1ccccc1. The average Bonchev–Trinajstić information content (AvgIpc) is 3.92. The number of hydrogen-bond donors (Lipinski definition) is 0. The van der Waals surface area contributed by atoms with Gasteiger partial charge in [-0.25, -0.2) is 0 Å². The quantitative estimate of drug-likeness (QED) is 0.163. The summed E-state index contributed by atoms with van der Waals surface area (Å²) in [5, 5.41) is 27.5. The van der Waals surface area contributed by atoms with Crippen LogP contribution in [0.25, 0.3) is 82.8 Å². The zero-order valence-corrected chi connectivity index (χ0v) is 34.9. The number of rotatable bonds is 5. The van der Waals surface area contributed by atoms with Crippen LogP contribution in [0.1, 0.15) is 68.0 Å². The highest BCUT2D eigenvalue weighted by molar-refractivity contribution is 6.14. The second kappa shape index (κ2) is 12.9. The molecule has 2 aromatic heterocycles. The minimum Gasteiger partial charge on any atom is -0.308 e. The number of allylic oxidation sites excluding steroid dienone is 5. The molecule has 11 rings (SSSR count). The summed E-state index contributed by atoms with van der Waals surface area (Å²) in [7, 11) is 0. The van der Waals surface area contributed by atoms with Crippen LogP contribution in [-0.4, -0.2) is 9.13 Å². The van der Waals surface area contributed by atoms with E-state index in [1.165, 1.54) is 44.5 Å². The zero-order valence-electron chi connectivity index (χ0n) is 34.9. The fourth-order valence-corrected chi connectivity index (χ4v) is 10.7. The summed E-state index contributed by atoms with van der Waals surface area (Å²) in [6, 6.07) is 52.4. The summed E-state index contributed by atoms with van der Waals surface area (Å²) in [6.07, 6.45) is 6.01. The first-order chi connectivity index (χ1) is 29.6. The van der Waals surface area contributed by atoms with E-state index >= 15 is 0 Å². The molecule has 4 heteroatoms. The number of hydrogen-bond acceptors (Lipinski definition) is 2. The Kier molecular flexibility index (Phi) is 7.71. The lowest BCUT2D eigenvalue weighted by Crippen LogP contribution is -2.15. The number of para-hydroxylation sites is 2. The van der Waals surface area contributed by atoms with E-state index in [4.69, 9.17) is 0 Å². The number of aromatic nitrogens is 2. The van der Waals surface area contributed by atoms with Crippen molar-refractivity contribution in [2.45, 2.75) is 45.4 Å². The van der Waals surface area contributed by atoms with Gasteiger partial charge in [-0.2, -0.15) is 10.5 Å². The van der Waals surface area contributed by atoms with Gasteiger partial charge in [-0.15, -0.1) is 0 Å². The van der Waals surface area contributed by atoms with Crippen molar-refractivity contribution >= 4 is 49.2 Å². The maximum absolute atomic E-state index is 11.6. The second-order valence-corrected chi connectivity index (χ2v) is 17.6. The molecule has 0 unspecified atom stereocenters. The third kappa shape index (κ3) is 4.85. The van der Waals surface area contributed by atoms with E-state index in [1.54, 1.807) is 0 Å². The molecule has 0 bridgehead atoms. The standard InChI is InChI=1S/C57H42N4/c1-7-8-20-37-34(2)56(3,4)47-30-53-44(28-41(37)47)40-23-14-17-26-50(40)61(53)55-36(32-58)27-51(45(33-59)54(55)35-18-10-9-11-19-35)60-49-25-16-13-22-39(49)43-29-42-38-21-12-15-24-46(38)57(5,6)48(42)31-52(43)60/h7-31H,1H2,2-6H3/b20-8-. The summed E-state index contributed by atoms with van der Waals surface area (Å²) < 4.78 is 4.48. The lowest BCUT2D eigenvalue weighted by atomic mass is 9.81. The van der Waals surface area contributed by atoms with Gasteiger partial charge in [0, 0.05) is 37.9 Å². The summed E-state index contributed by atoms with van der Waals surface area (Å²) >= 11 is 0. The third-order valence-corrected chi connectivity index (χ3v) is 13.9. The van der Waals surface area contributed by atoms with Crippen molar-refractivity contribution in [1.29, 1.82) is 10.5 Å². The first kappa shape index (κ1) is 36.4. The van der Waals surface area contributed by atoms with E-state index in [1.807, 2.05) is 36.4 Å². The summed E-state index contributed by atoms with van der Waals surface area (Å²) in [6.45, 7) is 15.3.